The lowest BCUT2D eigenvalue weighted by Gasteiger charge is -2.06. The number of carbonyl (C=O) groups is 1. The van der Waals surface area contributed by atoms with E-state index in [1.807, 2.05) is 25.1 Å². The number of rotatable bonds is 1. The number of hydrogen-bond donors (Lipinski definition) is 0. The summed E-state index contributed by atoms with van der Waals surface area (Å²) in [6.45, 7) is 2.87. The SMILES string of the molecule is COc1cccc(C)c1C#CN1CCOC1=O. The molecule has 1 aliphatic rings. The molecular formula is C13H13NO3. The van der Waals surface area contributed by atoms with Crippen molar-refractivity contribution in [2.75, 3.05) is 20.3 Å². The standard InChI is InChI=1S/C13H13NO3/c1-10-4-3-5-12(16-2)11(10)6-7-14-8-9-17-13(14)15/h3-5H,8-9H2,1-2H3. The monoisotopic (exact) mass is 231 g/mol. The predicted octanol–water partition coefficient (Wildman–Crippen LogP) is 1.76. The Labute approximate surface area is 100 Å². The van der Waals surface area contributed by atoms with Crippen LogP contribution < -0.4 is 4.74 Å². The molecule has 1 amide bonds. The van der Waals surface area contributed by atoms with Gasteiger partial charge in [-0.05, 0) is 24.5 Å². The molecule has 0 saturated carbocycles. The van der Waals surface area contributed by atoms with Crippen molar-refractivity contribution in [2.24, 2.45) is 0 Å². The van der Waals surface area contributed by atoms with Gasteiger partial charge in [0.2, 0.25) is 0 Å². The number of cyclic esters (lactones) is 1. The van der Waals surface area contributed by atoms with Gasteiger partial charge in [-0.3, -0.25) is 0 Å². The fourth-order valence-electron chi connectivity index (χ4n) is 1.59. The first-order valence-corrected chi connectivity index (χ1v) is 5.32. The van der Waals surface area contributed by atoms with Crippen LogP contribution >= 0.6 is 0 Å². The van der Waals surface area contributed by atoms with E-state index in [0.29, 0.717) is 18.9 Å². The second-order valence-electron chi connectivity index (χ2n) is 3.65. The van der Waals surface area contributed by atoms with Crippen LogP contribution in [0.3, 0.4) is 0 Å². The number of hydrogen-bond acceptors (Lipinski definition) is 3. The Balaban J connectivity index is 2.29. The molecule has 0 spiro atoms. The van der Waals surface area contributed by atoms with Gasteiger partial charge < -0.3 is 9.47 Å². The fraction of sp³-hybridized carbons (Fsp3) is 0.308. The van der Waals surface area contributed by atoms with E-state index in [0.717, 1.165) is 11.1 Å². The van der Waals surface area contributed by atoms with Crippen molar-refractivity contribution < 1.29 is 14.3 Å². The Hall–Kier alpha value is -2.15. The molecule has 0 bridgehead atoms. The number of benzene rings is 1. The molecule has 0 aliphatic carbocycles. The van der Waals surface area contributed by atoms with E-state index >= 15 is 0 Å². The van der Waals surface area contributed by atoms with E-state index in [2.05, 4.69) is 12.0 Å². The topological polar surface area (TPSA) is 38.8 Å². The van der Waals surface area contributed by atoms with Crippen LogP contribution in [0.15, 0.2) is 18.2 Å². The van der Waals surface area contributed by atoms with Crippen LogP contribution in [0.4, 0.5) is 4.79 Å². The lowest BCUT2D eigenvalue weighted by molar-refractivity contribution is 0.167. The average molecular weight is 231 g/mol. The van der Waals surface area contributed by atoms with Crippen LogP contribution in [0.1, 0.15) is 11.1 Å². The minimum atomic E-state index is -0.384. The highest BCUT2D eigenvalue weighted by Crippen LogP contribution is 2.20. The van der Waals surface area contributed by atoms with Crippen LogP contribution in [0.5, 0.6) is 5.75 Å². The van der Waals surface area contributed by atoms with Crippen molar-refractivity contribution >= 4 is 6.09 Å². The van der Waals surface area contributed by atoms with Crippen molar-refractivity contribution in [1.82, 2.24) is 4.90 Å². The van der Waals surface area contributed by atoms with E-state index in [4.69, 9.17) is 9.47 Å². The predicted molar refractivity (Wildman–Crippen MR) is 62.7 cm³/mol. The molecule has 1 aliphatic heterocycles. The van der Waals surface area contributed by atoms with Crippen LogP contribution in [-0.4, -0.2) is 31.3 Å². The summed E-state index contributed by atoms with van der Waals surface area (Å²) in [4.78, 5) is 12.6. The molecule has 1 aromatic carbocycles. The minimum Gasteiger partial charge on any atom is -0.495 e. The van der Waals surface area contributed by atoms with Gasteiger partial charge in [-0.1, -0.05) is 12.1 Å². The maximum atomic E-state index is 11.2. The molecule has 0 unspecified atom stereocenters. The lowest BCUT2D eigenvalue weighted by atomic mass is 10.1. The highest BCUT2D eigenvalue weighted by atomic mass is 16.6. The van der Waals surface area contributed by atoms with Gasteiger partial charge in [-0.25, -0.2) is 9.69 Å². The number of nitrogens with zero attached hydrogens (tertiary/aromatic N) is 1. The molecule has 0 N–H and O–H groups in total. The molecule has 17 heavy (non-hydrogen) atoms. The molecule has 1 saturated heterocycles. The van der Waals surface area contributed by atoms with Gasteiger partial charge in [0.25, 0.3) is 0 Å². The van der Waals surface area contributed by atoms with Crippen molar-refractivity contribution in [1.29, 1.82) is 0 Å². The molecule has 88 valence electrons. The maximum Gasteiger partial charge on any atom is 0.421 e. The van der Waals surface area contributed by atoms with Gasteiger partial charge in [-0.15, -0.1) is 0 Å². The molecule has 4 nitrogen and oxygen atoms in total. The number of methoxy groups -OCH3 is 1. The molecule has 1 fully saturated rings. The zero-order chi connectivity index (χ0) is 12.3. The van der Waals surface area contributed by atoms with Gasteiger partial charge >= 0.3 is 6.09 Å². The molecular weight excluding hydrogens is 218 g/mol. The Morgan fingerprint density at radius 1 is 1.47 bits per heavy atom. The molecule has 0 aromatic heterocycles. The second kappa shape index (κ2) is 4.79. The van der Waals surface area contributed by atoms with Gasteiger partial charge in [0, 0.05) is 6.04 Å². The smallest absolute Gasteiger partial charge is 0.421 e. The molecule has 1 heterocycles. The highest BCUT2D eigenvalue weighted by molar-refractivity contribution is 5.72. The Morgan fingerprint density at radius 3 is 2.94 bits per heavy atom. The van der Waals surface area contributed by atoms with E-state index in [9.17, 15) is 4.79 Å². The largest absolute Gasteiger partial charge is 0.495 e. The summed E-state index contributed by atoms with van der Waals surface area (Å²) < 4.78 is 10.0. The number of amides is 1. The third kappa shape index (κ3) is 2.34. The molecule has 4 heteroatoms. The quantitative estimate of drug-likeness (QED) is 0.691. The minimum absolute atomic E-state index is 0.384. The Morgan fingerprint density at radius 2 is 2.29 bits per heavy atom. The average Bonchev–Trinajstić information content (AvgIpc) is 2.73. The summed E-state index contributed by atoms with van der Waals surface area (Å²) in [5.41, 5.74) is 1.82. The van der Waals surface area contributed by atoms with E-state index in [1.54, 1.807) is 7.11 Å². The van der Waals surface area contributed by atoms with Crippen molar-refractivity contribution in [3.63, 3.8) is 0 Å². The lowest BCUT2D eigenvalue weighted by Crippen LogP contribution is -2.17. The first-order chi connectivity index (χ1) is 8.22. The zero-order valence-corrected chi connectivity index (χ0v) is 9.82. The molecule has 0 atom stereocenters. The van der Waals surface area contributed by atoms with E-state index in [1.165, 1.54) is 4.90 Å². The highest BCUT2D eigenvalue weighted by Gasteiger charge is 2.19. The summed E-state index contributed by atoms with van der Waals surface area (Å²) in [5, 5.41) is 0. The summed E-state index contributed by atoms with van der Waals surface area (Å²) in [6.07, 6.45) is -0.384. The van der Waals surface area contributed by atoms with Crippen LogP contribution in [0.25, 0.3) is 0 Å². The second-order valence-corrected chi connectivity index (χ2v) is 3.65. The van der Waals surface area contributed by atoms with Gasteiger partial charge in [0.1, 0.15) is 12.4 Å². The summed E-state index contributed by atoms with van der Waals surface area (Å²) in [7, 11) is 1.60. The Kier molecular flexibility index (Phi) is 3.20. The molecule has 1 aromatic rings. The summed E-state index contributed by atoms with van der Waals surface area (Å²) >= 11 is 0. The first kappa shape index (κ1) is 11.3. The summed E-state index contributed by atoms with van der Waals surface area (Å²) in [5.74, 6) is 3.67. The van der Waals surface area contributed by atoms with Crippen molar-refractivity contribution in [3.8, 4) is 17.7 Å². The van der Waals surface area contributed by atoms with E-state index in [-0.39, 0.29) is 6.09 Å². The fourth-order valence-corrected chi connectivity index (χ4v) is 1.59. The zero-order valence-electron chi connectivity index (χ0n) is 9.82. The van der Waals surface area contributed by atoms with Gasteiger partial charge in [-0.2, -0.15) is 0 Å². The van der Waals surface area contributed by atoms with Crippen molar-refractivity contribution in [2.45, 2.75) is 6.92 Å². The number of aryl methyl sites for hydroxylation is 1. The third-order valence-electron chi connectivity index (χ3n) is 2.53. The van der Waals surface area contributed by atoms with Gasteiger partial charge in [0.15, 0.2) is 0 Å². The summed E-state index contributed by atoms with van der Waals surface area (Å²) in [6, 6.07) is 8.50. The number of carbonyl (C=O) groups excluding carboxylic acids is 1. The molecule has 2 rings (SSSR count). The number of ether oxygens (including phenoxy) is 2. The molecule has 0 radical (unpaired) electrons. The van der Waals surface area contributed by atoms with Gasteiger partial charge in [0.05, 0.1) is 19.2 Å². The van der Waals surface area contributed by atoms with Crippen LogP contribution in [0.2, 0.25) is 0 Å². The third-order valence-corrected chi connectivity index (χ3v) is 2.53. The Bertz CT molecular complexity index is 499. The normalized spacial score (nSPS) is 14.0. The van der Waals surface area contributed by atoms with Crippen LogP contribution in [0, 0.1) is 18.9 Å². The van der Waals surface area contributed by atoms with Crippen LogP contribution in [-0.2, 0) is 4.74 Å². The first-order valence-electron chi connectivity index (χ1n) is 5.32. The van der Waals surface area contributed by atoms with E-state index < -0.39 is 0 Å². The maximum absolute atomic E-state index is 11.2. The van der Waals surface area contributed by atoms with Crippen molar-refractivity contribution in [3.05, 3.63) is 29.3 Å².